The summed E-state index contributed by atoms with van der Waals surface area (Å²) >= 11 is 0. The van der Waals surface area contributed by atoms with Crippen molar-refractivity contribution in [1.82, 2.24) is 4.90 Å². The zero-order valence-corrected chi connectivity index (χ0v) is 14.9. The van der Waals surface area contributed by atoms with Gasteiger partial charge in [-0.05, 0) is 62.7 Å². The molecular weight excluding hydrogens is 314 g/mol. The molecule has 0 saturated carbocycles. The van der Waals surface area contributed by atoms with Gasteiger partial charge in [-0.2, -0.15) is 0 Å². The first kappa shape index (κ1) is 17.4. The highest BCUT2D eigenvalue weighted by Gasteiger charge is 2.23. The Morgan fingerprint density at radius 3 is 2.64 bits per heavy atom. The number of anilines is 1. The molecule has 0 aromatic heterocycles. The van der Waals surface area contributed by atoms with E-state index in [1.807, 2.05) is 32.3 Å². The molecule has 1 aliphatic heterocycles. The zero-order valence-electron chi connectivity index (χ0n) is 14.9. The normalized spacial score (nSPS) is 13.8. The topological polar surface area (TPSA) is 49.6 Å². The molecule has 3 rings (SSSR count). The quantitative estimate of drug-likeness (QED) is 0.595. The fraction of sp³-hybridized carbons (Fsp3) is 0.400. The van der Waals surface area contributed by atoms with Gasteiger partial charge in [0, 0.05) is 19.2 Å². The van der Waals surface area contributed by atoms with Gasteiger partial charge >= 0.3 is 0 Å². The molecular formula is C20H25N3O2. The second-order valence-electron chi connectivity index (χ2n) is 6.93. The van der Waals surface area contributed by atoms with Crippen molar-refractivity contribution in [2.75, 3.05) is 32.1 Å². The van der Waals surface area contributed by atoms with Crippen LogP contribution in [0.4, 0.5) is 11.4 Å². The first-order valence-corrected chi connectivity index (χ1v) is 8.78. The van der Waals surface area contributed by atoms with Gasteiger partial charge in [-0.15, -0.1) is 0 Å². The Morgan fingerprint density at radius 2 is 1.92 bits per heavy atom. The number of aryl methyl sites for hydroxylation is 1. The lowest BCUT2D eigenvalue weighted by Crippen LogP contribution is -2.30. The molecule has 0 N–H and O–H groups in total. The van der Waals surface area contributed by atoms with Gasteiger partial charge in [0.25, 0.3) is 5.69 Å². The van der Waals surface area contributed by atoms with E-state index in [1.54, 1.807) is 6.07 Å². The molecule has 0 spiro atoms. The molecule has 0 fully saturated rings. The third-order valence-corrected chi connectivity index (χ3v) is 4.78. The summed E-state index contributed by atoms with van der Waals surface area (Å²) in [6.07, 6.45) is 2.79. The van der Waals surface area contributed by atoms with Gasteiger partial charge < -0.3 is 9.80 Å². The number of fused-ring (bicyclic) bond motifs is 1. The van der Waals surface area contributed by atoms with Crippen molar-refractivity contribution in [2.45, 2.75) is 25.8 Å². The van der Waals surface area contributed by atoms with E-state index >= 15 is 0 Å². The third-order valence-electron chi connectivity index (χ3n) is 4.78. The number of rotatable bonds is 6. The highest BCUT2D eigenvalue weighted by molar-refractivity contribution is 5.65. The lowest BCUT2D eigenvalue weighted by molar-refractivity contribution is -0.384. The zero-order chi connectivity index (χ0) is 17.8. The summed E-state index contributed by atoms with van der Waals surface area (Å²) in [7, 11) is 4.08. The van der Waals surface area contributed by atoms with Crippen LogP contribution in [0.5, 0.6) is 0 Å². The molecule has 0 saturated heterocycles. The molecule has 0 atom stereocenters. The van der Waals surface area contributed by atoms with E-state index < -0.39 is 0 Å². The Hall–Kier alpha value is -2.40. The van der Waals surface area contributed by atoms with Crippen LogP contribution in [0.15, 0.2) is 42.5 Å². The Bertz CT molecular complexity index is 758. The molecule has 2 aromatic rings. The average molecular weight is 339 g/mol. The first-order valence-electron chi connectivity index (χ1n) is 8.78. The van der Waals surface area contributed by atoms with Gasteiger partial charge in [0.15, 0.2) is 0 Å². The summed E-state index contributed by atoms with van der Waals surface area (Å²) in [4.78, 5) is 15.6. The number of nitro benzene ring substituents is 1. The number of nitro groups is 1. The Labute approximate surface area is 149 Å². The Kier molecular flexibility index (Phi) is 5.34. The molecule has 0 aliphatic carbocycles. The molecule has 0 radical (unpaired) electrons. The van der Waals surface area contributed by atoms with E-state index in [1.165, 1.54) is 11.1 Å². The van der Waals surface area contributed by atoms with Gasteiger partial charge in [0.1, 0.15) is 5.69 Å². The largest absolute Gasteiger partial charge is 0.361 e. The summed E-state index contributed by atoms with van der Waals surface area (Å²) in [6, 6.07) is 14.1. The van der Waals surface area contributed by atoms with E-state index in [9.17, 15) is 10.1 Å². The number of nitrogens with zero attached hydrogens (tertiary/aromatic N) is 3. The second kappa shape index (κ2) is 7.66. The molecule has 132 valence electrons. The summed E-state index contributed by atoms with van der Waals surface area (Å²) < 4.78 is 0. The van der Waals surface area contributed by atoms with Crippen LogP contribution < -0.4 is 4.90 Å². The number of hydrogen-bond acceptors (Lipinski definition) is 4. The van der Waals surface area contributed by atoms with Gasteiger partial charge in [0.2, 0.25) is 0 Å². The highest BCUT2D eigenvalue weighted by atomic mass is 16.6. The predicted molar refractivity (Wildman–Crippen MR) is 101 cm³/mol. The molecule has 0 amide bonds. The SMILES string of the molecule is CN(C)CCCc1ccc(N2CCc3ccccc3C2)c([N+](=O)[O-])c1. The predicted octanol–water partition coefficient (Wildman–Crippen LogP) is 3.65. The lowest BCUT2D eigenvalue weighted by Gasteiger charge is -2.30. The summed E-state index contributed by atoms with van der Waals surface area (Å²) in [6.45, 7) is 2.53. The molecule has 0 unspecified atom stereocenters. The lowest BCUT2D eigenvalue weighted by atomic mass is 9.99. The van der Waals surface area contributed by atoms with Crippen molar-refractivity contribution in [3.8, 4) is 0 Å². The molecule has 5 nitrogen and oxygen atoms in total. The smallest absolute Gasteiger partial charge is 0.292 e. The minimum Gasteiger partial charge on any atom is -0.361 e. The van der Waals surface area contributed by atoms with Crippen LogP contribution in [0.3, 0.4) is 0 Å². The van der Waals surface area contributed by atoms with Crippen LogP contribution in [0.25, 0.3) is 0 Å². The third kappa shape index (κ3) is 4.17. The van der Waals surface area contributed by atoms with Crippen molar-refractivity contribution in [3.05, 3.63) is 69.3 Å². The molecule has 25 heavy (non-hydrogen) atoms. The van der Waals surface area contributed by atoms with Crippen LogP contribution in [0.1, 0.15) is 23.1 Å². The first-order chi connectivity index (χ1) is 12.0. The molecule has 0 bridgehead atoms. The summed E-state index contributed by atoms with van der Waals surface area (Å²) in [5.41, 5.74) is 4.60. The number of hydrogen-bond donors (Lipinski definition) is 0. The van der Waals surface area contributed by atoms with Crippen LogP contribution in [-0.2, 0) is 19.4 Å². The maximum atomic E-state index is 11.6. The van der Waals surface area contributed by atoms with E-state index in [0.717, 1.165) is 50.1 Å². The molecule has 1 heterocycles. The maximum absolute atomic E-state index is 11.6. The monoisotopic (exact) mass is 339 g/mol. The van der Waals surface area contributed by atoms with Crippen molar-refractivity contribution in [1.29, 1.82) is 0 Å². The van der Waals surface area contributed by atoms with E-state index in [2.05, 4.69) is 28.0 Å². The Morgan fingerprint density at radius 1 is 1.16 bits per heavy atom. The highest BCUT2D eigenvalue weighted by Crippen LogP contribution is 2.33. The van der Waals surface area contributed by atoms with Crippen LogP contribution in [0, 0.1) is 10.1 Å². The minimum atomic E-state index is -0.245. The molecule has 2 aromatic carbocycles. The summed E-state index contributed by atoms with van der Waals surface area (Å²) in [5.74, 6) is 0. The van der Waals surface area contributed by atoms with Crippen molar-refractivity contribution in [3.63, 3.8) is 0 Å². The van der Waals surface area contributed by atoms with E-state index in [-0.39, 0.29) is 10.6 Å². The summed E-state index contributed by atoms with van der Waals surface area (Å²) in [5, 5.41) is 11.6. The van der Waals surface area contributed by atoms with Crippen LogP contribution in [-0.4, -0.2) is 37.0 Å². The standard InChI is InChI=1S/C20H25N3O2/c1-21(2)12-5-6-16-9-10-19(20(14-16)23(24)25)22-13-11-17-7-3-4-8-18(17)15-22/h3-4,7-10,14H,5-6,11-13,15H2,1-2H3. The van der Waals surface area contributed by atoms with Gasteiger partial charge in [-0.3, -0.25) is 10.1 Å². The average Bonchev–Trinajstić information content (AvgIpc) is 2.61. The van der Waals surface area contributed by atoms with Crippen molar-refractivity contribution >= 4 is 11.4 Å². The van der Waals surface area contributed by atoms with Gasteiger partial charge in [-0.25, -0.2) is 0 Å². The molecule has 1 aliphatic rings. The van der Waals surface area contributed by atoms with Crippen molar-refractivity contribution < 1.29 is 4.92 Å². The molecule has 5 heteroatoms. The Balaban J connectivity index is 1.80. The fourth-order valence-corrected chi connectivity index (χ4v) is 3.44. The second-order valence-corrected chi connectivity index (χ2v) is 6.93. The maximum Gasteiger partial charge on any atom is 0.292 e. The minimum absolute atomic E-state index is 0.224. The van der Waals surface area contributed by atoms with Crippen molar-refractivity contribution in [2.24, 2.45) is 0 Å². The number of benzene rings is 2. The van der Waals surface area contributed by atoms with E-state index in [4.69, 9.17) is 0 Å². The van der Waals surface area contributed by atoms with Gasteiger partial charge in [-0.1, -0.05) is 30.3 Å². The fourth-order valence-electron chi connectivity index (χ4n) is 3.44. The van der Waals surface area contributed by atoms with Crippen LogP contribution in [0.2, 0.25) is 0 Å². The van der Waals surface area contributed by atoms with Crippen LogP contribution >= 0.6 is 0 Å². The van der Waals surface area contributed by atoms with E-state index in [0.29, 0.717) is 0 Å². The van der Waals surface area contributed by atoms with Gasteiger partial charge in [0.05, 0.1) is 4.92 Å².